The number of aliphatic carboxylic acids is 1. The molecule has 0 saturated heterocycles. The lowest BCUT2D eigenvalue weighted by atomic mass is 9.96. The lowest BCUT2D eigenvalue weighted by molar-refractivity contribution is -0.187. The number of carboxylic acids is 1. The van der Waals surface area contributed by atoms with Crippen molar-refractivity contribution in [1.82, 2.24) is 0 Å². The summed E-state index contributed by atoms with van der Waals surface area (Å²) in [7, 11) is 0. The van der Waals surface area contributed by atoms with Gasteiger partial charge in [0, 0.05) is 16.1 Å². The fourth-order valence-corrected chi connectivity index (χ4v) is 2.29. The standard InChI is InChI=1S/C13H10ClF3O4/c1-5-7-3-8(12(19)20)11(13(15,16)17)21-9(7)2-6(4-18)10(5)14/h2-3,11,18H,4H2,1H3,(H,19,20). The number of fused-ring (bicyclic) bond motifs is 1. The number of halogens is 4. The van der Waals surface area contributed by atoms with Crippen LogP contribution in [-0.4, -0.2) is 28.5 Å². The van der Waals surface area contributed by atoms with Crippen molar-refractivity contribution in [1.29, 1.82) is 0 Å². The van der Waals surface area contributed by atoms with Gasteiger partial charge >= 0.3 is 12.1 Å². The fraction of sp³-hybridized carbons (Fsp3) is 0.308. The van der Waals surface area contributed by atoms with E-state index in [0.717, 1.165) is 6.08 Å². The third kappa shape index (κ3) is 2.71. The van der Waals surface area contributed by atoms with Crippen LogP contribution in [0.15, 0.2) is 11.6 Å². The molecule has 8 heteroatoms. The smallest absolute Gasteiger partial charge is 0.430 e. The highest BCUT2D eigenvalue weighted by Gasteiger charge is 2.48. The van der Waals surface area contributed by atoms with Crippen LogP contribution in [-0.2, 0) is 11.4 Å². The summed E-state index contributed by atoms with van der Waals surface area (Å²) in [6.07, 6.45) is -6.52. The van der Waals surface area contributed by atoms with E-state index >= 15 is 0 Å². The van der Waals surface area contributed by atoms with Crippen molar-refractivity contribution in [3.05, 3.63) is 33.4 Å². The molecule has 0 saturated carbocycles. The first kappa shape index (κ1) is 15.7. The van der Waals surface area contributed by atoms with Gasteiger partial charge in [-0.3, -0.25) is 0 Å². The fourth-order valence-electron chi connectivity index (χ4n) is 2.07. The molecule has 1 unspecified atom stereocenters. The Morgan fingerprint density at radius 3 is 2.57 bits per heavy atom. The minimum absolute atomic E-state index is 0.159. The maximum absolute atomic E-state index is 12.9. The van der Waals surface area contributed by atoms with Gasteiger partial charge in [0.05, 0.1) is 12.2 Å². The number of hydrogen-bond acceptors (Lipinski definition) is 3. The average Bonchev–Trinajstić information content (AvgIpc) is 2.40. The molecule has 1 aliphatic rings. The number of benzene rings is 1. The maximum Gasteiger partial charge on any atom is 0.430 e. The quantitative estimate of drug-likeness (QED) is 0.878. The molecule has 0 aromatic heterocycles. The van der Waals surface area contributed by atoms with Crippen LogP contribution in [0, 0.1) is 6.92 Å². The van der Waals surface area contributed by atoms with Crippen molar-refractivity contribution in [2.75, 3.05) is 0 Å². The second-order valence-corrected chi connectivity index (χ2v) is 4.87. The van der Waals surface area contributed by atoms with Gasteiger partial charge in [-0.15, -0.1) is 0 Å². The first-order chi connectivity index (χ1) is 9.66. The number of ether oxygens (including phenoxy) is 1. The molecular formula is C13H10ClF3O4. The third-order valence-electron chi connectivity index (χ3n) is 3.13. The molecule has 1 heterocycles. The summed E-state index contributed by atoms with van der Waals surface area (Å²) in [6.45, 7) is 1.04. The van der Waals surface area contributed by atoms with E-state index < -0.39 is 30.4 Å². The van der Waals surface area contributed by atoms with E-state index in [2.05, 4.69) is 0 Å². The molecule has 1 atom stereocenters. The second kappa shape index (κ2) is 5.23. The number of rotatable bonds is 2. The van der Waals surface area contributed by atoms with Crippen LogP contribution in [0.3, 0.4) is 0 Å². The third-order valence-corrected chi connectivity index (χ3v) is 3.65. The molecule has 1 aromatic rings. The molecule has 1 aliphatic heterocycles. The van der Waals surface area contributed by atoms with Gasteiger partial charge in [0.15, 0.2) is 0 Å². The molecule has 4 nitrogen and oxygen atoms in total. The Bertz CT molecular complexity index is 637. The van der Waals surface area contributed by atoms with Gasteiger partial charge in [-0.2, -0.15) is 13.2 Å². The number of carbonyl (C=O) groups is 1. The highest BCUT2D eigenvalue weighted by atomic mass is 35.5. The summed E-state index contributed by atoms with van der Waals surface area (Å²) in [6, 6.07) is 1.18. The maximum atomic E-state index is 12.9. The lowest BCUT2D eigenvalue weighted by Crippen LogP contribution is -2.40. The predicted octanol–water partition coefficient (Wildman–Crippen LogP) is 2.93. The van der Waals surface area contributed by atoms with Crippen molar-refractivity contribution >= 4 is 23.6 Å². The van der Waals surface area contributed by atoms with Crippen molar-refractivity contribution in [3.8, 4) is 5.75 Å². The summed E-state index contributed by atoms with van der Waals surface area (Å²) < 4.78 is 43.5. The van der Waals surface area contributed by atoms with Crippen LogP contribution in [0.1, 0.15) is 16.7 Å². The van der Waals surface area contributed by atoms with Crippen molar-refractivity contribution < 1.29 is 32.9 Å². The van der Waals surface area contributed by atoms with Crippen LogP contribution in [0.4, 0.5) is 13.2 Å². The summed E-state index contributed by atoms with van der Waals surface area (Å²) in [5.41, 5.74) is -0.195. The molecule has 0 amide bonds. The highest BCUT2D eigenvalue weighted by molar-refractivity contribution is 6.32. The van der Waals surface area contributed by atoms with Crippen LogP contribution in [0.5, 0.6) is 5.75 Å². The number of alkyl halides is 3. The summed E-state index contributed by atoms with van der Waals surface area (Å²) >= 11 is 5.97. The summed E-state index contributed by atoms with van der Waals surface area (Å²) in [5, 5.41) is 18.2. The van der Waals surface area contributed by atoms with Crippen LogP contribution in [0.25, 0.3) is 6.08 Å². The molecular weight excluding hydrogens is 313 g/mol. The molecule has 0 bridgehead atoms. The summed E-state index contributed by atoms with van der Waals surface area (Å²) in [5.74, 6) is -1.88. The zero-order chi connectivity index (χ0) is 15.9. The molecule has 114 valence electrons. The number of aliphatic hydroxyl groups is 1. The van der Waals surface area contributed by atoms with Gasteiger partial charge in [0.2, 0.25) is 6.10 Å². The Labute approximate surface area is 122 Å². The van der Waals surface area contributed by atoms with Crippen LogP contribution < -0.4 is 4.74 Å². The van der Waals surface area contributed by atoms with Gasteiger partial charge in [0.1, 0.15) is 5.75 Å². The topological polar surface area (TPSA) is 66.8 Å². The van der Waals surface area contributed by atoms with Gasteiger partial charge in [-0.1, -0.05) is 11.6 Å². The Kier molecular flexibility index (Phi) is 3.90. The minimum atomic E-state index is -4.87. The average molecular weight is 323 g/mol. The molecule has 0 fully saturated rings. The van der Waals surface area contributed by atoms with Gasteiger partial charge in [-0.05, 0) is 24.6 Å². The van der Waals surface area contributed by atoms with E-state index in [9.17, 15) is 18.0 Å². The molecule has 1 aromatic carbocycles. The lowest BCUT2D eigenvalue weighted by Gasteiger charge is -2.28. The Hall–Kier alpha value is -1.73. The Morgan fingerprint density at radius 2 is 2.10 bits per heavy atom. The predicted molar refractivity (Wildman–Crippen MR) is 68.2 cm³/mol. The first-order valence-corrected chi connectivity index (χ1v) is 6.15. The van der Waals surface area contributed by atoms with Gasteiger partial charge in [0.25, 0.3) is 0 Å². The Balaban J connectivity index is 2.66. The van der Waals surface area contributed by atoms with E-state index in [0.29, 0.717) is 5.56 Å². The van der Waals surface area contributed by atoms with Crippen molar-refractivity contribution in [2.24, 2.45) is 0 Å². The molecule has 0 radical (unpaired) electrons. The number of hydrogen-bond donors (Lipinski definition) is 2. The SMILES string of the molecule is Cc1c(Cl)c(CO)cc2c1C=C(C(=O)O)C(C(F)(F)F)O2. The largest absolute Gasteiger partial charge is 0.478 e. The van der Waals surface area contributed by atoms with Gasteiger partial charge in [-0.25, -0.2) is 4.79 Å². The number of aliphatic hydroxyl groups excluding tert-OH is 1. The van der Waals surface area contributed by atoms with E-state index in [-0.39, 0.29) is 21.9 Å². The molecule has 2 rings (SSSR count). The van der Waals surface area contributed by atoms with Crippen LogP contribution >= 0.6 is 11.6 Å². The zero-order valence-corrected chi connectivity index (χ0v) is 11.4. The molecule has 21 heavy (non-hydrogen) atoms. The number of carboxylic acid groups (broad SMARTS) is 1. The highest BCUT2D eigenvalue weighted by Crippen LogP contribution is 2.41. The molecule has 0 aliphatic carbocycles. The zero-order valence-electron chi connectivity index (χ0n) is 10.7. The molecule has 2 N–H and O–H groups in total. The van der Waals surface area contributed by atoms with E-state index in [4.69, 9.17) is 26.6 Å². The van der Waals surface area contributed by atoms with E-state index in [1.54, 1.807) is 0 Å². The monoisotopic (exact) mass is 322 g/mol. The normalized spacial score (nSPS) is 17.8. The Morgan fingerprint density at radius 1 is 1.48 bits per heavy atom. The van der Waals surface area contributed by atoms with E-state index in [1.165, 1.54) is 13.0 Å². The van der Waals surface area contributed by atoms with Crippen LogP contribution in [0.2, 0.25) is 5.02 Å². The molecule has 0 spiro atoms. The van der Waals surface area contributed by atoms with Crippen molar-refractivity contribution in [3.63, 3.8) is 0 Å². The first-order valence-electron chi connectivity index (χ1n) is 5.78. The van der Waals surface area contributed by atoms with Crippen molar-refractivity contribution in [2.45, 2.75) is 25.8 Å². The second-order valence-electron chi connectivity index (χ2n) is 4.49. The minimum Gasteiger partial charge on any atom is -0.478 e. The van der Waals surface area contributed by atoms with E-state index in [1.807, 2.05) is 0 Å². The summed E-state index contributed by atoms with van der Waals surface area (Å²) in [4.78, 5) is 11.0. The van der Waals surface area contributed by atoms with Gasteiger partial charge < -0.3 is 14.9 Å².